The summed E-state index contributed by atoms with van der Waals surface area (Å²) in [5, 5.41) is 6.91. The largest absolute Gasteiger partial charge is 0.350 e. The molecule has 1 aromatic heterocycles. The minimum atomic E-state index is -0.0966. The second-order valence-electron chi connectivity index (χ2n) is 3.94. The summed E-state index contributed by atoms with van der Waals surface area (Å²) >= 11 is 3.57. The SMILES string of the molecule is Cn1ccc(C(=O)NCC(Br)C2CC2)n1. The van der Waals surface area contributed by atoms with E-state index in [4.69, 9.17) is 0 Å². The Bertz CT molecular complexity index is 359. The number of aromatic nitrogens is 2. The molecule has 5 heteroatoms. The van der Waals surface area contributed by atoms with Crippen LogP contribution in [-0.2, 0) is 7.05 Å². The van der Waals surface area contributed by atoms with Gasteiger partial charge in [-0.1, -0.05) is 15.9 Å². The molecule has 1 N–H and O–H groups in total. The van der Waals surface area contributed by atoms with E-state index < -0.39 is 0 Å². The molecule has 1 aromatic rings. The van der Waals surface area contributed by atoms with Gasteiger partial charge in [0.2, 0.25) is 0 Å². The van der Waals surface area contributed by atoms with Crippen LogP contribution in [0.3, 0.4) is 0 Å². The number of alkyl halides is 1. The van der Waals surface area contributed by atoms with E-state index in [9.17, 15) is 4.79 Å². The number of carbonyl (C=O) groups is 1. The third-order valence-electron chi connectivity index (χ3n) is 2.54. The molecule has 0 aliphatic heterocycles. The average Bonchev–Trinajstić information content (AvgIpc) is 2.97. The number of rotatable bonds is 4. The molecule has 0 radical (unpaired) electrons. The molecule has 0 saturated heterocycles. The van der Waals surface area contributed by atoms with Crippen molar-refractivity contribution >= 4 is 21.8 Å². The molecule has 1 fully saturated rings. The lowest BCUT2D eigenvalue weighted by atomic mass is 10.3. The van der Waals surface area contributed by atoms with E-state index in [-0.39, 0.29) is 5.91 Å². The Morgan fingerprint density at radius 2 is 2.53 bits per heavy atom. The number of nitrogens with zero attached hydrogens (tertiary/aromatic N) is 2. The van der Waals surface area contributed by atoms with Crippen molar-refractivity contribution < 1.29 is 4.79 Å². The van der Waals surface area contributed by atoms with Gasteiger partial charge in [-0.2, -0.15) is 5.10 Å². The van der Waals surface area contributed by atoms with E-state index in [0.717, 1.165) is 5.92 Å². The topological polar surface area (TPSA) is 46.9 Å². The van der Waals surface area contributed by atoms with Crippen LogP contribution in [0.25, 0.3) is 0 Å². The van der Waals surface area contributed by atoms with Crippen LogP contribution >= 0.6 is 15.9 Å². The molecule has 0 aromatic carbocycles. The Balaban J connectivity index is 1.81. The van der Waals surface area contributed by atoms with Gasteiger partial charge < -0.3 is 5.32 Å². The fraction of sp³-hybridized carbons (Fsp3) is 0.600. The summed E-state index contributed by atoms with van der Waals surface area (Å²) in [5.41, 5.74) is 0.480. The van der Waals surface area contributed by atoms with Crippen LogP contribution in [0.4, 0.5) is 0 Å². The van der Waals surface area contributed by atoms with Crippen LogP contribution in [0, 0.1) is 5.92 Å². The first kappa shape index (κ1) is 10.7. The highest BCUT2D eigenvalue weighted by molar-refractivity contribution is 9.09. The van der Waals surface area contributed by atoms with E-state index >= 15 is 0 Å². The van der Waals surface area contributed by atoms with Crippen molar-refractivity contribution in [2.24, 2.45) is 13.0 Å². The summed E-state index contributed by atoms with van der Waals surface area (Å²) in [6.45, 7) is 0.681. The van der Waals surface area contributed by atoms with Gasteiger partial charge in [-0.05, 0) is 24.8 Å². The summed E-state index contributed by atoms with van der Waals surface area (Å²) in [6, 6.07) is 1.72. The lowest BCUT2D eigenvalue weighted by molar-refractivity contribution is 0.0948. The van der Waals surface area contributed by atoms with Gasteiger partial charge in [0.1, 0.15) is 5.69 Å². The summed E-state index contributed by atoms with van der Waals surface area (Å²) in [4.78, 5) is 12.0. The maximum absolute atomic E-state index is 11.6. The molecule has 1 unspecified atom stereocenters. The van der Waals surface area contributed by atoms with Crippen LogP contribution < -0.4 is 5.32 Å². The smallest absolute Gasteiger partial charge is 0.271 e. The molecule has 2 rings (SSSR count). The molecule has 0 spiro atoms. The lowest BCUT2D eigenvalue weighted by Crippen LogP contribution is -2.30. The predicted octanol–water partition coefficient (Wildman–Crippen LogP) is 1.32. The molecule has 15 heavy (non-hydrogen) atoms. The second-order valence-corrected chi connectivity index (χ2v) is 5.11. The molecule has 1 amide bonds. The maximum Gasteiger partial charge on any atom is 0.271 e. The number of halogens is 1. The molecule has 1 heterocycles. The monoisotopic (exact) mass is 271 g/mol. The number of nitrogens with one attached hydrogen (secondary N) is 1. The number of hydrogen-bond acceptors (Lipinski definition) is 2. The second kappa shape index (κ2) is 4.35. The van der Waals surface area contributed by atoms with Crippen LogP contribution in [0.15, 0.2) is 12.3 Å². The van der Waals surface area contributed by atoms with Crippen molar-refractivity contribution in [1.29, 1.82) is 0 Å². The van der Waals surface area contributed by atoms with Crippen LogP contribution in [-0.4, -0.2) is 27.1 Å². The summed E-state index contributed by atoms with van der Waals surface area (Å²) < 4.78 is 1.63. The maximum atomic E-state index is 11.6. The molecule has 4 nitrogen and oxygen atoms in total. The zero-order chi connectivity index (χ0) is 10.8. The van der Waals surface area contributed by atoms with Crippen molar-refractivity contribution in [1.82, 2.24) is 15.1 Å². The van der Waals surface area contributed by atoms with Crippen molar-refractivity contribution in [3.63, 3.8) is 0 Å². The van der Waals surface area contributed by atoms with Crippen molar-refractivity contribution in [2.75, 3.05) is 6.54 Å². The van der Waals surface area contributed by atoms with Gasteiger partial charge in [-0.3, -0.25) is 9.48 Å². The highest BCUT2D eigenvalue weighted by atomic mass is 79.9. The van der Waals surface area contributed by atoms with Crippen LogP contribution in [0.1, 0.15) is 23.3 Å². The van der Waals surface area contributed by atoms with Crippen molar-refractivity contribution in [2.45, 2.75) is 17.7 Å². The van der Waals surface area contributed by atoms with E-state index in [1.165, 1.54) is 12.8 Å². The molecule has 1 aliphatic carbocycles. The fourth-order valence-electron chi connectivity index (χ4n) is 1.44. The predicted molar refractivity (Wildman–Crippen MR) is 61.0 cm³/mol. The standard InChI is InChI=1S/C10H14BrN3O/c1-14-5-4-9(13-14)10(15)12-6-8(11)7-2-3-7/h4-5,7-8H,2-3,6H2,1H3,(H,12,15). The van der Waals surface area contributed by atoms with Gasteiger partial charge in [0.05, 0.1) is 0 Å². The Kier molecular flexibility index (Phi) is 3.09. The van der Waals surface area contributed by atoms with Crippen LogP contribution in [0.5, 0.6) is 0 Å². The minimum absolute atomic E-state index is 0.0966. The van der Waals surface area contributed by atoms with E-state index in [2.05, 4.69) is 26.3 Å². The number of amides is 1. The molecule has 1 saturated carbocycles. The van der Waals surface area contributed by atoms with E-state index in [1.807, 2.05) is 0 Å². The molecule has 82 valence electrons. The van der Waals surface area contributed by atoms with Crippen molar-refractivity contribution in [3.8, 4) is 0 Å². The minimum Gasteiger partial charge on any atom is -0.350 e. The first-order chi connectivity index (χ1) is 7.16. The summed E-state index contributed by atoms with van der Waals surface area (Å²) in [7, 11) is 1.80. The van der Waals surface area contributed by atoms with Crippen LogP contribution in [0.2, 0.25) is 0 Å². The van der Waals surface area contributed by atoms with Gasteiger partial charge in [0.15, 0.2) is 0 Å². The number of carbonyl (C=O) groups excluding carboxylic acids is 1. The van der Waals surface area contributed by atoms with Gasteiger partial charge in [0, 0.05) is 24.6 Å². The highest BCUT2D eigenvalue weighted by Gasteiger charge is 2.29. The zero-order valence-electron chi connectivity index (χ0n) is 8.61. The van der Waals surface area contributed by atoms with E-state index in [1.54, 1.807) is 24.0 Å². The summed E-state index contributed by atoms with van der Waals surface area (Å²) in [5.74, 6) is 0.648. The number of hydrogen-bond donors (Lipinski definition) is 1. The first-order valence-electron chi connectivity index (χ1n) is 5.09. The molecule has 0 bridgehead atoms. The molecular weight excluding hydrogens is 258 g/mol. The third kappa shape index (κ3) is 2.81. The fourth-order valence-corrected chi connectivity index (χ4v) is 2.13. The van der Waals surface area contributed by atoms with Gasteiger partial charge >= 0.3 is 0 Å². The zero-order valence-corrected chi connectivity index (χ0v) is 10.2. The Labute approximate surface area is 97.2 Å². The highest BCUT2D eigenvalue weighted by Crippen LogP contribution is 2.36. The van der Waals surface area contributed by atoms with E-state index in [0.29, 0.717) is 17.1 Å². The van der Waals surface area contributed by atoms with Gasteiger partial charge in [-0.15, -0.1) is 0 Å². The Morgan fingerprint density at radius 3 is 3.07 bits per heavy atom. The molecule has 1 aliphatic rings. The number of aryl methyl sites for hydroxylation is 1. The average molecular weight is 272 g/mol. The first-order valence-corrected chi connectivity index (χ1v) is 6.00. The Morgan fingerprint density at radius 1 is 1.80 bits per heavy atom. The molecule has 1 atom stereocenters. The third-order valence-corrected chi connectivity index (χ3v) is 3.61. The summed E-state index contributed by atoms with van der Waals surface area (Å²) in [6.07, 6.45) is 4.31. The Hall–Kier alpha value is -0.840. The van der Waals surface area contributed by atoms with Crippen molar-refractivity contribution in [3.05, 3.63) is 18.0 Å². The van der Waals surface area contributed by atoms with Gasteiger partial charge in [-0.25, -0.2) is 0 Å². The quantitative estimate of drug-likeness (QED) is 0.840. The molecular formula is C10H14BrN3O. The normalized spacial score (nSPS) is 17.5. The van der Waals surface area contributed by atoms with Gasteiger partial charge in [0.25, 0.3) is 5.91 Å². The lowest BCUT2D eigenvalue weighted by Gasteiger charge is -2.08.